The second-order valence-corrected chi connectivity index (χ2v) is 5.25. The summed E-state index contributed by atoms with van der Waals surface area (Å²) in [5.74, 6) is 0. The van der Waals surface area contributed by atoms with Crippen molar-refractivity contribution in [2.75, 3.05) is 0 Å². The van der Waals surface area contributed by atoms with E-state index in [2.05, 4.69) is 41.1 Å². The van der Waals surface area contributed by atoms with Crippen molar-refractivity contribution in [3.05, 3.63) is 28.7 Å². The van der Waals surface area contributed by atoms with Crippen molar-refractivity contribution in [1.29, 1.82) is 5.26 Å². The highest BCUT2D eigenvalue weighted by molar-refractivity contribution is 9.10. The summed E-state index contributed by atoms with van der Waals surface area (Å²) in [6.07, 6.45) is 1.66. The van der Waals surface area contributed by atoms with Gasteiger partial charge in [-0.1, -0.05) is 22.9 Å². The minimum atomic E-state index is 0.418. The maximum atomic E-state index is 8.62. The van der Waals surface area contributed by atoms with Gasteiger partial charge in [0, 0.05) is 21.0 Å². The van der Waals surface area contributed by atoms with Crippen LogP contribution < -0.4 is 0 Å². The van der Waals surface area contributed by atoms with Gasteiger partial charge in [-0.25, -0.2) is 0 Å². The molecule has 0 N–H and O–H groups in total. The summed E-state index contributed by atoms with van der Waals surface area (Å²) < 4.78 is 1.09. The fourth-order valence-corrected chi connectivity index (χ4v) is 2.34. The Morgan fingerprint density at radius 2 is 2.07 bits per heavy atom. The van der Waals surface area contributed by atoms with Gasteiger partial charge in [-0.15, -0.1) is 11.8 Å². The minimum absolute atomic E-state index is 0.418. The van der Waals surface area contributed by atoms with E-state index in [0.29, 0.717) is 11.7 Å². The number of nitrogens with zero attached hydrogens (tertiary/aromatic N) is 1. The average molecular weight is 270 g/mol. The van der Waals surface area contributed by atoms with Crippen LogP contribution in [0.15, 0.2) is 33.6 Å². The van der Waals surface area contributed by atoms with Crippen LogP contribution in [0.4, 0.5) is 0 Å². The summed E-state index contributed by atoms with van der Waals surface area (Å²) in [4.78, 5) is 1.23. The van der Waals surface area contributed by atoms with E-state index in [-0.39, 0.29) is 0 Å². The number of halogens is 1. The van der Waals surface area contributed by atoms with Crippen LogP contribution in [0.25, 0.3) is 0 Å². The summed E-state index contributed by atoms with van der Waals surface area (Å²) in [5, 5.41) is 9.04. The predicted octanol–water partition coefficient (Wildman–Crippen LogP) is 4.23. The largest absolute Gasteiger partial charge is 0.198 e. The van der Waals surface area contributed by atoms with Gasteiger partial charge < -0.3 is 0 Å². The number of nitriles is 1. The maximum Gasteiger partial charge on any atom is 0.0633 e. The number of benzene rings is 1. The molecule has 0 heterocycles. The van der Waals surface area contributed by atoms with E-state index in [0.717, 1.165) is 10.9 Å². The third-order valence-corrected chi connectivity index (χ3v) is 3.80. The second-order valence-electron chi connectivity index (χ2n) is 2.96. The van der Waals surface area contributed by atoms with Crippen molar-refractivity contribution < 1.29 is 0 Å². The smallest absolute Gasteiger partial charge is 0.0633 e. The lowest BCUT2D eigenvalue weighted by molar-refractivity contribution is 0.842. The van der Waals surface area contributed by atoms with Crippen LogP contribution in [0.5, 0.6) is 0 Å². The third kappa shape index (κ3) is 3.73. The van der Waals surface area contributed by atoms with Crippen LogP contribution >= 0.6 is 27.7 Å². The molecule has 1 rings (SSSR count). The summed E-state index contributed by atoms with van der Waals surface area (Å²) in [7, 11) is 0. The highest BCUT2D eigenvalue weighted by Crippen LogP contribution is 2.28. The summed E-state index contributed by atoms with van der Waals surface area (Å²) in [6, 6.07) is 10.4. The van der Waals surface area contributed by atoms with E-state index < -0.39 is 0 Å². The molecule has 1 nitrogen and oxygen atoms in total. The van der Waals surface area contributed by atoms with Crippen LogP contribution in [0.2, 0.25) is 0 Å². The van der Waals surface area contributed by atoms with Gasteiger partial charge in [0.15, 0.2) is 0 Å². The van der Waals surface area contributed by atoms with Crippen LogP contribution in [0, 0.1) is 11.3 Å². The molecule has 74 valence electrons. The molecule has 1 aromatic carbocycles. The Labute approximate surface area is 97.6 Å². The van der Waals surface area contributed by atoms with E-state index in [4.69, 9.17) is 5.26 Å². The quantitative estimate of drug-likeness (QED) is 0.764. The zero-order chi connectivity index (χ0) is 10.4. The summed E-state index contributed by atoms with van der Waals surface area (Å²) in [6.45, 7) is 2.12. The normalized spacial score (nSPS) is 12.1. The molecule has 1 atom stereocenters. The lowest BCUT2D eigenvalue weighted by Gasteiger charge is -2.09. The second kappa shape index (κ2) is 6.10. The Kier molecular flexibility index (Phi) is 5.06. The van der Waals surface area contributed by atoms with Crippen molar-refractivity contribution in [1.82, 2.24) is 0 Å². The Morgan fingerprint density at radius 1 is 1.43 bits per heavy atom. The Balaban J connectivity index is 2.59. The highest BCUT2D eigenvalue weighted by atomic mass is 79.9. The Hall–Kier alpha value is -0.460. The van der Waals surface area contributed by atoms with Gasteiger partial charge in [0.1, 0.15) is 0 Å². The molecule has 0 aromatic heterocycles. The molecule has 0 saturated carbocycles. The molecule has 1 unspecified atom stereocenters. The number of hydrogen-bond acceptors (Lipinski definition) is 2. The standard InChI is InChI=1S/C11H12BrNS/c1-2-10(7-8-13)14-11-5-3-9(12)4-6-11/h3-6,10H,2,7H2,1H3. The monoisotopic (exact) mass is 269 g/mol. The fraction of sp³-hybridized carbons (Fsp3) is 0.364. The molecular formula is C11H12BrNS. The molecule has 0 spiro atoms. The van der Waals surface area contributed by atoms with E-state index in [1.807, 2.05) is 12.1 Å². The van der Waals surface area contributed by atoms with Gasteiger partial charge in [-0.3, -0.25) is 0 Å². The molecule has 0 amide bonds. The van der Waals surface area contributed by atoms with Gasteiger partial charge in [0.2, 0.25) is 0 Å². The van der Waals surface area contributed by atoms with Crippen molar-refractivity contribution >= 4 is 27.7 Å². The first kappa shape index (κ1) is 11.6. The predicted molar refractivity (Wildman–Crippen MR) is 64.3 cm³/mol. The Bertz CT molecular complexity index is 315. The zero-order valence-corrected chi connectivity index (χ0v) is 10.4. The van der Waals surface area contributed by atoms with Crippen LogP contribution in [0.1, 0.15) is 19.8 Å². The molecule has 1 aromatic rings. The molecule has 0 fully saturated rings. The van der Waals surface area contributed by atoms with Gasteiger partial charge in [0.05, 0.1) is 6.07 Å². The topological polar surface area (TPSA) is 23.8 Å². The zero-order valence-electron chi connectivity index (χ0n) is 8.03. The van der Waals surface area contributed by atoms with Crippen LogP contribution in [0.3, 0.4) is 0 Å². The van der Waals surface area contributed by atoms with E-state index >= 15 is 0 Å². The first-order valence-electron chi connectivity index (χ1n) is 4.55. The summed E-state index contributed by atoms with van der Waals surface area (Å²) >= 11 is 5.18. The third-order valence-electron chi connectivity index (χ3n) is 1.89. The van der Waals surface area contributed by atoms with E-state index in [1.54, 1.807) is 11.8 Å². The van der Waals surface area contributed by atoms with Gasteiger partial charge in [-0.05, 0) is 30.7 Å². The first-order chi connectivity index (χ1) is 6.76. The van der Waals surface area contributed by atoms with Crippen molar-refractivity contribution in [3.8, 4) is 6.07 Å². The van der Waals surface area contributed by atoms with Gasteiger partial charge in [-0.2, -0.15) is 5.26 Å². The number of hydrogen-bond donors (Lipinski definition) is 0. The van der Waals surface area contributed by atoms with Crippen molar-refractivity contribution in [2.24, 2.45) is 0 Å². The van der Waals surface area contributed by atoms with Crippen molar-refractivity contribution in [3.63, 3.8) is 0 Å². The van der Waals surface area contributed by atoms with Gasteiger partial charge in [0.25, 0.3) is 0 Å². The van der Waals surface area contributed by atoms with E-state index in [9.17, 15) is 0 Å². The maximum absolute atomic E-state index is 8.62. The molecule has 3 heteroatoms. The Morgan fingerprint density at radius 3 is 2.57 bits per heavy atom. The highest BCUT2D eigenvalue weighted by Gasteiger charge is 2.06. The lowest BCUT2D eigenvalue weighted by atomic mass is 10.3. The molecule has 14 heavy (non-hydrogen) atoms. The van der Waals surface area contributed by atoms with Crippen LogP contribution in [-0.2, 0) is 0 Å². The molecule has 0 radical (unpaired) electrons. The van der Waals surface area contributed by atoms with Crippen LogP contribution in [-0.4, -0.2) is 5.25 Å². The molecule has 0 aliphatic carbocycles. The van der Waals surface area contributed by atoms with Gasteiger partial charge >= 0.3 is 0 Å². The SMILES string of the molecule is CCC(CC#N)Sc1ccc(Br)cc1. The summed E-state index contributed by atoms with van der Waals surface area (Å²) in [5.41, 5.74) is 0. The van der Waals surface area contributed by atoms with E-state index in [1.165, 1.54) is 4.90 Å². The fourth-order valence-electron chi connectivity index (χ4n) is 1.08. The molecule has 0 aliphatic rings. The minimum Gasteiger partial charge on any atom is -0.198 e. The lowest BCUT2D eigenvalue weighted by Crippen LogP contribution is -1.98. The first-order valence-corrected chi connectivity index (χ1v) is 6.22. The van der Waals surface area contributed by atoms with Crippen molar-refractivity contribution in [2.45, 2.75) is 29.9 Å². The average Bonchev–Trinajstić information content (AvgIpc) is 2.20. The molecular weight excluding hydrogens is 258 g/mol. The molecule has 0 bridgehead atoms. The molecule has 0 saturated heterocycles. The number of thioether (sulfide) groups is 1. The molecule has 0 aliphatic heterocycles. The number of rotatable bonds is 4.